The molecule has 10 heteroatoms. The first-order valence-corrected chi connectivity index (χ1v) is 10.4. The van der Waals surface area contributed by atoms with Crippen LogP contribution in [0.3, 0.4) is 0 Å². The van der Waals surface area contributed by atoms with Gasteiger partial charge in [0.05, 0.1) is 23.3 Å². The standard InChI is InChI=1S/C19H21N3O6S/c1-28-17-7-5-15(6-8-17)13-19(23)20-9-11-21(12-10-20)29(26,27)18-4-2-3-16(14-18)22(24)25/h2-8,14H,9-13H2,1H3. The lowest BCUT2D eigenvalue weighted by Crippen LogP contribution is -2.50. The van der Waals surface area contributed by atoms with Gasteiger partial charge in [-0.25, -0.2) is 8.42 Å². The molecule has 0 atom stereocenters. The molecule has 154 valence electrons. The van der Waals surface area contributed by atoms with E-state index in [1.807, 2.05) is 12.1 Å². The zero-order valence-electron chi connectivity index (χ0n) is 15.9. The second-order valence-electron chi connectivity index (χ2n) is 6.56. The van der Waals surface area contributed by atoms with Crippen molar-refractivity contribution in [2.75, 3.05) is 33.3 Å². The maximum absolute atomic E-state index is 12.8. The molecule has 1 aliphatic rings. The van der Waals surface area contributed by atoms with Crippen LogP contribution >= 0.6 is 0 Å². The highest BCUT2D eigenvalue weighted by molar-refractivity contribution is 7.89. The molecule has 0 N–H and O–H groups in total. The minimum absolute atomic E-state index is 0.0810. The molecule has 1 amide bonds. The van der Waals surface area contributed by atoms with Crippen molar-refractivity contribution in [3.05, 3.63) is 64.2 Å². The van der Waals surface area contributed by atoms with Gasteiger partial charge in [-0.05, 0) is 23.8 Å². The van der Waals surface area contributed by atoms with Crippen LogP contribution in [0.15, 0.2) is 53.4 Å². The van der Waals surface area contributed by atoms with E-state index in [0.717, 1.165) is 11.6 Å². The Bertz CT molecular complexity index is 999. The van der Waals surface area contributed by atoms with Crippen molar-refractivity contribution in [1.82, 2.24) is 9.21 Å². The normalized spacial score (nSPS) is 15.1. The molecule has 1 fully saturated rings. The second-order valence-corrected chi connectivity index (χ2v) is 8.50. The Hall–Kier alpha value is -2.98. The molecule has 0 saturated carbocycles. The van der Waals surface area contributed by atoms with Crippen LogP contribution in [0.25, 0.3) is 0 Å². The van der Waals surface area contributed by atoms with Crippen molar-refractivity contribution < 1.29 is 22.9 Å². The zero-order chi connectivity index (χ0) is 21.0. The van der Waals surface area contributed by atoms with Crippen molar-refractivity contribution in [3.8, 4) is 5.75 Å². The van der Waals surface area contributed by atoms with Gasteiger partial charge in [0, 0.05) is 38.3 Å². The number of hydrogen-bond acceptors (Lipinski definition) is 6. The lowest BCUT2D eigenvalue weighted by atomic mass is 10.1. The number of piperazine rings is 1. The van der Waals surface area contributed by atoms with Crippen molar-refractivity contribution in [2.24, 2.45) is 0 Å². The minimum atomic E-state index is -3.86. The van der Waals surface area contributed by atoms with Gasteiger partial charge in [0.25, 0.3) is 5.69 Å². The van der Waals surface area contributed by atoms with E-state index in [1.54, 1.807) is 24.1 Å². The molecular weight excluding hydrogens is 398 g/mol. The Morgan fingerprint density at radius 1 is 1.10 bits per heavy atom. The van der Waals surface area contributed by atoms with Gasteiger partial charge in [0.15, 0.2) is 0 Å². The van der Waals surface area contributed by atoms with Gasteiger partial charge >= 0.3 is 0 Å². The van der Waals surface area contributed by atoms with E-state index in [0.29, 0.717) is 5.75 Å². The van der Waals surface area contributed by atoms with Crippen LogP contribution in [0.4, 0.5) is 5.69 Å². The molecule has 1 heterocycles. The number of rotatable bonds is 6. The summed E-state index contributed by atoms with van der Waals surface area (Å²) in [4.78, 5) is 24.3. The summed E-state index contributed by atoms with van der Waals surface area (Å²) in [6.07, 6.45) is 0.224. The Labute approximate surface area is 168 Å². The van der Waals surface area contributed by atoms with Gasteiger partial charge in [-0.1, -0.05) is 18.2 Å². The lowest BCUT2D eigenvalue weighted by molar-refractivity contribution is -0.385. The fraction of sp³-hybridized carbons (Fsp3) is 0.316. The maximum Gasteiger partial charge on any atom is 0.270 e. The van der Waals surface area contributed by atoms with E-state index in [1.165, 1.54) is 22.5 Å². The van der Waals surface area contributed by atoms with Crippen LogP contribution < -0.4 is 4.74 Å². The number of ether oxygens (including phenoxy) is 1. The number of methoxy groups -OCH3 is 1. The van der Waals surface area contributed by atoms with Crippen LogP contribution in [0.5, 0.6) is 5.75 Å². The van der Waals surface area contributed by atoms with Crippen LogP contribution in [0.1, 0.15) is 5.56 Å². The predicted molar refractivity (Wildman–Crippen MR) is 105 cm³/mol. The van der Waals surface area contributed by atoms with E-state index in [-0.39, 0.29) is 49.1 Å². The number of hydrogen-bond donors (Lipinski definition) is 0. The first-order valence-electron chi connectivity index (χ1n) is 8.96. The minimum Gasteiger partial charge on any atom is -0.497 e. The van der Waals surface area contributed by atoms with Gasteiger partial charge in [-0.3, -0.25) is 14.9 Å². The number of nitrogens with zero attached hydrogens (tertiary/aromatic N) is 3. The maximum atomic E-state index is 12.8. The van der Waals surface area contributed by atoms with Gasteiger partial charge in [-0.15, -0.1) is 0 Å². The highest BCUT2D eigenvalue weighted by Crippen LogP contribution is 2.22. The Balaban J connectivity index is 1.62. The fourth-order valence-corrected chi connectivity index (χ4v) is 4.58. The van der Waals surface area contributed by atoms with Crippen molar-refractivity contribution in [2.45, 2.75) is 11.3 Å². The summed E-state index contributed by atoms with van der Waals surface area (Å²) >= 11 is 0. The number of amides is 1. The third-order valence-corrected chi connectivity index (χ3v) is 6.67. The summed E-state index contributed by atoms with van der Waals surface area (Å²) in [5.74, 6) is 0.628. The van der Waals surface area contributed by atoms with Crippen LogP contribution in [0, 0.1) is 10.1 Å². The summed E-state index contributed by atoms with van der Waals surface area (Å²) < 4.78 is 31.9. The molecule has 0 unspecified atom stereocenters. The number of benzene rings is 2. The Morgan fingerprint density at radius 2 is 1.76 bits per heavy atom. The smallest absolute Gasteiger partial charge is 0.270 e. The SMILES string of the molecule is COc1ccc(CC(=O)N2CCN(S(=O)(=O)c3cccc([N+](=O)[O-])c3)CC2)cc1. The third kappa shape index (κ3) is 4.72. The molecule has 9 nitrogen and oxygen atoms in total. The van der Waals surface area contributed by atoms with E-state index in [2.05, 4.69) is 0 Å². The number of carbonyl (C=O) groups excluding carboxylic acids is 1. The quantitative estimate of drug-likeness (QED) is 0.520. The van der Waals surface area contributed by atoms with Crippen LogP contribution in [-0.4, -0.2) is 61.7 Å². The van der Waals surface area contributed by atoms with Crippen molar-refractivity contribution in [1.29, 1.82) is 0 Å². The largest absolute Gasteiger partial charge is 0.497 e. The number of nitro groups is 1. The number of nitro benzene ring substituents is 1. The summed E-state index contributed by atoms with van der Waals surface area (Å²) in [5.41, 5.74) is 0.571. The fourth-order valence-electron chi connectivity index (χ4n) is 3.11. The van der Waals surface area contributed by atoms with Gasteiger partial charge in [-0.2, -0.15) is 4.31 Å². The molecule has 3 rings (SSSR count). The zero-order valence-corrected chi connectivity index (χ0v) is 16.7. The van der Waals surface area contributed by atoms with Gasteiger partial charge < -0.3 is 9.64 Å². The van der Waals surface area contributed by atoms with E-state index >= 15 is 0 Å². The average molecular weight is 419 g/mol. The van der Waals surface area contributed by atoms with E-state index < -0.39 is 14.9 Å². The summed E-state index contributed by atoms with van der Waals surface area (Å²) in [6, 6.07) is 12.2. The summed E-state index contributed by atoms with van der Waals surface area (Å²) in [5, 5.41) is 10.9. The Morgan fingerprint density at radius 3 is 2.34 bits per heavy atom. The van der Waals surface area contributed by atoms with E-state index in [9.17, 15) is 23.3 Å². The number of sulfonamides is 1. The molecule has 1 aliphatic heterocycles. The van der Waals surface area contributed by atoms with Crippen LogP contribution in [-0.2, 0) is 21.2 Å². The number of non-ortho nitro benzene ring substituents is 1. The molecule has 0 radical (unpaired) electrons. The van der Waals surface area contributed by atoms with Crippen molar-refractivity contribution >= 4 is 21.6 Å². The molecule has 2 aromatic rings. The molecule has 0 aromatic heterocycles. The third-order valence-electron chi connectivity index (χ3n) is 4.77. The molecule has 2 aromatic carbocycles. The first kappa shape index (κ1) is 20.7. The van der Waals surface area contributed by atoms with Crippen LogP contribution in [0.2, 0.25) is 0 Å². The highest BCUT2D eigenvalue weighted by atomic mass is 32.2. The van der Waals surface area contributed by atoms with Gasteiger partial charge in [0.1, 0.15) is 5.75 Å². The highest BCUT2D eigenvalue weighted by Gasteiger charge is 2.30. The van der Waals surface area contributed by atoms with Gasteiger partial charge in [0.2, 0.25) is 15.9 Å². The van der Waals surface area contributed by atoms with E-state index in [4.69, 9.17) is 4.74 Å². The predicted octanol–water partition coefficient (Wildman–Crippen LogP) is 1.68. The second kappa shape index (κ2) is 8.58. The lowest BCUT2D eigenvalue weighted by Gasteiger charge is -2.34. The summed E-state index contributed by atoms with van der Waals surface area (Å²) in [7, 11) is -2.29. The van der Waals surface area contributed by atoms with Crippen molar-refractivity contribution in [3.63, 3.8) is 0 Å². The molecule has 0 spiro atoms. The topological polar surface area (TPSA) is 110 Å². The molecule has 0 aliphatic carbocycles. The Kier molecular flexibility index (Phi) is 6.14. The first-order chi connectivity index (χ1) is 13.8. The molecule has 1 saturated heterocycles. The number of carbonyl (C=O) groups is 1. The average Bonchev–Trinajstić information content (AvgIpc) is 2.74. The molecule has 29 heavy (non-hydrogen) atoms. The molecule has 0 bridgehead atoms. The summed E-state index contributed by atoms with van der Waals surface area (Å²) in [6.45, 7) is 0.811. The monoisotopic (exact) mass is 419 g/mol. The molecular formula is C19H21N3O6S.